The predicted molar refractivity (Wildman–Crippen MR) is 247 cm³/mol. The molecule has 6 nitrogen and oxygen atoms in total. The van der Waals surface area contributed by atoms with Crippen molar-refractivity contribution in [1.29, 1.82) is 0 Å². The third-order valence-corrected chi connectivity index (χ3v) is 12.2. The van der Waals surface area contributed by atoms with Crippen molar-refractivity contribution in [2.24, 2.45) is 5.92 Å². The lowest BCUT2D eigenvalue weighted by Gasteiger charge is -2.18. The van der Waals surface area contributed by atoms with Gasteiger partial charge >= 0.3 is 17.9 Å². The minimum absolute atomic E-state index is 0.0628. The van der Waals surface area contributed by atoms with E-state index >= 15 is 0 Å². The molecule has 0 spiro atoms. The van der Waals surface area contributed by atoms with Crippen LogP contribution in [0.5, 0.6) is 0 Å². The highest BCUT2D eigenvalue weighted by Crippen LogP contribution is 2.17. The van der Waals surface area contributed by atoms with Gasteiger partial charge in [-0.1, -0.05) is 252 Å². The van der Waals surface area contributed by atoms with Gasteiger partial charge in [-0.05, 0) is 25.2 Å². The summed E-state index contributed by atoms with van der Waals surface area (Å²) < 4.78 is 16.8. The molecule has 0 bridgehead atoms. The third kappa shape index (κ3) is 44.0. The van der Waals surface area contributed by atoms with Gasteiger partial charge in [0.1, 0.15) is 13.2 Å². The first-order chi connectivity index (χ1) is 28.4. The maximum atomic E-state index is 12.8. The molecule has 0 radical (unpaired) electrons. The van der Waals surface area contributed by atoms with E-state index in [-0.39, 0.29) is 31.1 Å². The normalized spacial score (nSPS) is 12.4. The Hall–Kier alpha value is -1.59. The summed E-state index contributed by atoms with van der Waals surface area (Å²) in [5.74, 6) is 0.0224. The van der Waals surface area contributed by atoms with Crippen LogP contribution in [0.4, 0.5) is 0 Å². The van der Waals surface area contributed by atoms with Crippen molar-refractivity contribution < 1.29 is 28.6 Å². The van der Waals surface area contributed by atoms with Crippen molar-refractivity contribution in [2.45, 2.75) is 297 Å². The number of ether oxygens (including phenoxy) is 3. The third-order valence-electron chi connectivity index (χ3n) is 12.2. The molecule has 2 atom stereocenters. The monoisotopic (exact) mass is 821 g/mol. The lowest BCUT2D eigenvalue weighted by molar-refractivity contribution is -0.167. The van der Waals surface area contributed by atoms with Crippen LogP contribution in [0, 0.1) is 5.92 Å². The lowest BCUT2D eigenvalue weighted by Crippen LogP contribution is -2.30. The largest absolute Gasteiger partial charge is 0.462 e. The van der Waals surface area contributed by atoms with Crippen molar-refractivity contribution >= 4 is 17.9 Å². The molecule has 0 aliphatic heterocycles. The topological polar surface area (TPSA) is 78.9 Å². The number of esters is 3. The van der Waals surface area contributed by atoms with Crippen LogP contribution in [-0.2, 0) is 28.6 Å². The van der Waals surface area contributed by atoms with Gasteiger partial charge in [-0.2, -0.15) is 0 Å². The molecule has 0 aromatic carbocycles. The van der Waals surface area contributed by atoms with Crippen molar-refractivity contribution in [3.63, 3.8) is 0 Å². The molecule has 0 heterocycles. The predicted octanol–water partition coefficient (Wildman–Crippen LogP) is 16.7. The Kier molecular flexibility index (Phi) is 45.2. The molecule has 1 unspecified atom stereocenters. The lowest BCUT2D eigenvalue weighted by atomic mass is 9.99. The van der Waals surface area contributed by atoms with E-state index < -0.39 is 6.10 Å². The minimum Gasteiger partial charge on any atom is -0.462 e. The fourth-order valence-electron chi connectivity index (χ4n) is 7.83. The second-order valence-corrected chi connectivity index (χ2v) is 18.1. The van der Waals surface area contributed by atoms with Gasteiger partial charge in [-0.25, -0.2) is 0 Å². The molecule has 0 saturated heterocycles. The van der Waals surface area contributed by atoms with E-state index in [9.17, 15) is 14.4 Å². The van der Waals surface area contributed by atoms with E-state index in [0.717, 1.165) is 63.7 Å². The van der Waals surface area contributed by atoms with E-state index in [0.29, 0.717) is 19.3 Å². The maximum absolute atomic E-state index is 12.8. The fourth-order valence-corrected chi connectivity index (χ4v) is 7.83. The Morgan fingerprint density at radius 2 is 0.603 bits per heavy atom. The van der Waals surface area contributed by atoms with Gasteiger partial charge < -0.3 is 14.2 Å². The number of hydrogen-bond acceptors (Lipinski definition) is 6. The Morgan fingerprint density at radius 1 is 0.345 bits per heavy atom. The Labute approximate surface area is 361 Å². The molecular weight excluding hydrogens is 721 g/mol. The summed E-state index contributed by atoms with van der Waals surface area (Å²) in [5, 5.41) is 0. The van der Waals surface area contributed by atoms with Crippen molar-refractivity contribution in [3.8, 4) is 0 Å². The smallest absolute Gasteiger partial charge is 0.306 e. The Morgan fingerprint density at radius 3 is 0.897 bits per heavy atom. The van der Waals surface area contributed by atoms with Crippen molar-refractivity contribution in [3.05, 3.63) is 0 Å². The molecule has 0 N–H and O–H groups in total. The Balaban J connectivity index is 4.31. The fraction of sp³-hybridized carbons (Fsp3) is 0.942. The van der Waals surface area contributed by atoms with Gasteiger partial charge in [-0.15, -0.1) is 0 Å². The number of carbonyl (C=O) groups excluding carboxylic acids is 3. The highest BCUT2D eigenvalue weighted by molar-refractivity contribution is 5.71. The molecule has 0 aromatic rings. The van der Waals surface area contributed by atoms with Crippen LogP contribution in [0.15, 0.2) is 0 Å². The van der Waals surface area contributed by atoms with Crippen LogP contribution < -0.4 is 0 Å². The summed E-state index contributed by atoms with van der Waals surface area (Å²) in [6.07, 6.45) is 47.9. The van der Waals surface area contributed by atoms with Crippen LogP contribution in [0.2, 0.25) is 0 Å². The van der Waals surface area contributed by atoms with Crippen LogP contribution in [0.25, 0.3) is 0 Å². The number of carbonyl (C=O) groups is 3. The van der Waals surface area contributed by atoms with Gasteiger partial charge in [-0.3, -0.25) is 14.4 Å². The highest BCUT2D eigenvalue weighted by atomic mass is 16.6. The first-order valence-corrected chi connectivity index (χ1v) is 25.9. The van der Waals surface area contributed by atoms with Crippen molar-refractivity contribution in [1.82, 2.24) is 0 Å². The molecule has 0 fully saturated rings. The van der Waals surface area contributed by atoms with Gasteiger partial charge in [0, 0.05) is 19.3 Å². The van der Waals surface area contributed by atoms with E-state index in [2.05, 4.69) is 27.7 Å². The minimum atomic E-state index is -0.760. The van der Waals surface area contributed by atoms with Crippen LogP contribution in [-0.4, -0.2) is 37.2 Å². The van der Waals surface area contributed by atoms with Crippen LogP contribution in [0.3, 0.4) is 0 Å². The average molecular weight is 821 g/mol. The molecular formula is C52H100O6. The molecule has 344 valence electrons. The van der Waals surface area contributed by atoms with Gasteiger partial charge in [0.15, 0.2) is 6.10 Å². The molecule has 6 heteroatoms. The maximum Gasteiger partial charge on any atom is 0.306 e. The molecule has 0 aliphatic carbocycles. The van der Waals surface area contributed by atoms with Crippen LogP contribution >= 0.6 is 0 Å². The first-order valence-electron chi connectivity index (χ1n) is 25.9. The molecule has 0 aliphatic rings. The summed E-state index contributed by atoms with van der Waals surface area (Å²) >= 11 is 0. The molecule has 58 heavy (non-hydrogen) atoms. The van der Waals surface area contributed by atoms with Crippen LogP contribution in [0.1, 0.15) is 291 Å². The molecule has 0 saturated carbocycles. The number of unbranched alkanes of at least 4 members (excludes halogenated alkanes) is 33. The van der Waals surface area contributed by atoms with Crippen molar-refractivity contribution in [2.75, 3.05) is 13.2 Å². The quantitative estimate of drug-likeness (QED) is 0.0346. The van der Waals surface area contributed by atoms with E-state index in [1.54, 1.807) is 0 Å². The van der Waals surface area contributed by atoms with E-state index in [1.807, 2.05) is 0 Å². The van der Waals surface area contributed by atoms with Gasteiger partial charge in [0.25, 0.3) is 0 Å². The molecule has 0 rings (SSSR count). The van der Waals surface area contributed by atoms with Gasteiger partial charge in [0.2, 0.25) is 0 Å². The Bertz CT molecular complexity index is 874. The highest BCUT2D eigenvalue weighted by Gasteiger charge is 2.19. The summed E-state index contributed by atoms with van der Waals surface area (Å²) in [6, 6.07) is 0. The summed E-state index contributed by atoms with van der Waals surface area (Å²) in [5.41, 5.74) is 0. The van der Waals surface area contributed by atoms with E-state index in [4.69, 9.17) is 14.2 Å². The summed E-state index contributed by atoms with van der Waals surface area (Å²) in [7, 11) is 0. The number of rotatable bonds is 47. The number of hydrogen-bond donors (Lipinski definition) is 0. The SMILES string of the molecule is CCCCCCCCCCCCCCCCCC(=O)OC[C@H](COC(=O)CCCCCCCCCCCCC)OC(=O)CCCCCCCCCCCCC(C)CC. The molecule has 0 amide bonds. The first kappa shape index (κ1) is 56.4. The summed E-state index contributed by atoms with van der Waals surface area (Å²) in [4.78, 5) is 37.9. The summed E-state index contributed by atoms with van der Waals surface area (Å²) in [6.45, 7) is 9.04. The zero-order valence-corrected chi connectivity index (χ0v) is 39.5. The zero-order chi connectivity index (χ0) is 42.4. The molecule has 0 aromatic heterocycles. The zero-order valence-electron chi connectivity index (χ0n) is 39.5. The standard InChI is InChI=1S/C52H100O6/c1-5-8-10-12-14-16-18-19-20-21-23-28-32-36-40-44-51(54)57-47-49(46-56-50(53)43-39-35-31-27-22-17-15-13-11-9-6-2)58-52(55)45-41-37-33-29-25-24-26-30-34-38-42-48(4)7-3/h48-49H,5-47H2,1-4H3/t48?,49-/m0/s1. The second kappa shape index (κ2) is 46.5. The van der Waals surface area contributed by atoms with Gasteiger partial charge in [0.05, 0.1) is 0 Å². The second-order valence-electron chi connectivity index (χ2n) is 18.1. The van der Waals surface area contributed by atoms with E-state index in [1.165, 1.54) is 186 Å². The average Bonchev–Trinajstić information content (AvgIpc) is 3.22.